The summed E-state index contributed by atoms with van der Waals surface area (Å²) in [6.45, 7) is 1.04. The molecule has 0 aliphatic carbocycles. The first-order valence-electron chi connectivity index (χ1n) is 4.04. The molecule has 0 amide bonds. The summed E-state index contributed by atoms with van der Waals surface area (Å²) in [6, 6.07) is 0.273. The van der Waals surface area contributed by atoms with Crippen molar-refractivity contribution in [2.45, 2.75) is 18.9 Å². The predicted molar refractivity (Wildman–Crippen MR) is 44.2 cm³/mol. The Labute approximate surface area is 70.4 Å². The molecule has 1 unspecified atom stereocenters. The highest BCUT2D eigenvalue weighted by atomic mass is 15.1. The van der Waals surface area contributed by atoms with Gasteiger partial charge in [0, 0.05) is 0 Å². The molecule has 1 fully saturated rings. The third kappa shape index (κ3) is 1.35. The van der Waals surface area contributed by atoms with Crippen LogP contribution in [0.5, 0.6) is 0 Å². The van der Waals surface area contributed by atoms with Crippen molar-refractivity contribution in [1.29, 1.82) is 0 Å². The van der Waals surface area contributed by atoms with Crippen molar-refractivity contribution in [2.24, 2.45) is 0 Å². The minimum atomic E-state index is 0.273. The van der Waals surface area contributed by atoms with Crippen molar-refractivity contribution in [3.63, 3.8) is 0 Å². The normalized spacial score (nSPS) is 22.8. The van der Waals surface area contributed by atoms with Crippen LogP contribution in [-0.4, -0.2) is 21.5 Å². The first kappa shape index (κ1) is 7.42. The maximum atomic E-state index is 5.44. The molecule has 1 aliphatic rings. The summed E-state index contributed by atoms with van der Waals surface area (Å²) in [6.07, 6.45) is 3.72. The van der Waals surface area contributed by atoms with Crippen LogP contribution in [0.1, 0.15) is 24.7 Å². The Balaban J connectivity index is 2.21. The van der Waals surface area contributed by atoms with Gasteiger partial charge < -0.3 is 11.1 Å². The number of rotatable bonds is 1. The van der Waals surface area contributed by atoms with Crippen LogP contribution in [0.25, 0.3) is 0 Å². The number of hydrogen-bond acceptors (Lipinski definition) is 5. The number of nitrogens with one attached hydrogen (secondary N) is 1. The molecule has 12 heavy (non-hydrogen) atoms. The summed E-state index contributed by atoms with van der Waals surface area (Å²) < 4.78 is 0. The van der Waals surface area contributed by atoms with E-state index in [1.54, 1.807) is 0 Å². The average molecular weight is 165 g/mol. The highest BCUT2D eigenvalue weighted by molar-refractivity contribution is 5.14. The largest absolute Gasteiger partial charge is 0.368 e. The van der Waals surface area contributed by atoms with Crippen LogP contribution in [0.4, 0.5) is 5.95 Å². The fourth-order valence-corrected chi connectivity index (χ4v) is 1.40. The molecule has 0 saturated carbocycles. The minimum Gasteiger partial charge on any atom is -0.368 e. The molecule has 5 heteroatoms. The summed E-state index contributed by atoms with van der Waals surface area (Å²) in [4.78, 5) is 11.8. The van der Waals surface area contributed by atoms with Crippen molar-refractivity contribution in [3.05, 3.63) is 12.2 Å². The van der Waals surface area contributed by atoms with Crippen LogP contribution in [0, 0.1) is 0 Å². The van der Waals surface area contributed by atoms with Gasteiger partial charge in [-0.2, -0.15) is 4.98 Å². The van der Waals surface area contributed by atoms with Crippen LogP contribution in [0.2, 0.25) is 0 Å². The van der Waals surface area contributed by atoms with Crippen molar-refractivity contribution in [1.82, 2.24) is 20.3 Å². The van der Waals surface area contributed by atoms with E-state index < -0.39 is 0 Å². The smallest absolute Gasteiger partial charge is 0.223 e. The lowest BCUT2D eigenvalue weighted by Crippen LogP contribution is -2.16. The van der Waals surface area contributed by atoms with E-state index in [9.17, 15) is 0 Å². The standard InChI is InChI=1S/C7H11N5/c8-7-11-4-10-6(12-7)5-2-1-3-9-5/h4-5,9H,1-3H2,(H2,8,10,11,12). The van der Waals surface area contributed by atoms with E-state index in [1.165, 1.54) is 12.7 Å². The van der Waals surface area contributed by atoms with Gasteiger partial charge in [-0.1, -0.05) is 0 Å². The summed E-state index contributed by atoms with van der Waals surface area (Å²) in [5, 5.41) is 3.29. The third-order valence-corrected chi connectivity index (χ3v) is 1.98. The molecule has 5 nitrogen and oxygen atoms in total. The second kappa shape index (κ2) is 3.02. The number of nitrogen functional groups attached to an aromatic ring is 1. The number of aromatic nitrogens is 3. The van der Waals surface area contributed by atoms with Crippen LogP contribution < -0.4 is 11.1 Å². The fourth-order valence-electron chi connectivity index (χ4n) is 1.40. The highest BCUT2D eigenvalue weighted by Gasteiger charge is 2.18. The van der Waals surface area contributed by atoms with Crippen LogP contribution in [0.3, 0.4) is 0 Å². The SMILES string of the molecule is Nc1ncnc(C2CCCN2)n1. The summed E-state index contributed by atoms with van der Waals surface area (Å²) >= 11 is 0. The van der Waals surface area contributed by atoms with Crippen molar-refractivity contribution in [2.75, 3.05) is 12.3 Å². The Bertz CT molecular complexity index is 268. The van der Waals surface area contributed by atoms with Gasteiger partial charge in [-0.3, -0.25) is 0 Å². The predicted octanol–water partition coefficient (Wildman–Crippen LogP) is -0.122. The average Bonchev–Trinajstić information content (AvgIpc) is 2.56. The lowest BCUT2D eigenvalue weighted by Gasteiger charge is -2.06. The quantitative estimate of drug-likeness (QED) is 0.606. The minimum absolute atomic E-state index is 0.273. The third-order valence-electron chi connectivity index (χ3n) is 1.98. The molecule has 64 valence electrons. The Kier molecular flexibility index (Phi) is 1.87. The van der Waals surface area contributed by atoms with Gasteiger partial charge >= 0.3 is 0 Å². The second-order valence-corrected chi connectivity index (χ2v) is 2.85. The van der Waals surface area contributed by atoms with Gasteiger partial charge in [0.1, 0.15) is 6.33 Å². The Morgan fingerprint density at radius 1 is 1.50 bits per heavy atom. The topological polar surface area (TPSA) is 76.7 Å². The van der Waals surface area contributed by atoms with E-state index in [4.69, 9.17) is 5.73 Å². The molecule has 1 aromatic heterocycles. The van der Waals surface area contributed by atoms with E-state index in [2.05, 4.69) is 20.3 Å². The van der Waals surface area contributed by atoms with E-state index in [0.717, 1.165) is 18.8 Å². The molecule has 2 rings (SSSR count). The van der Waals surface area contributed by atoms with Crippen LogP contribution >= 0.6 is 0 Å². The highest BCUT2D eigenvalue weighted by Crippen LogP contribution is 2.18. The zero-order valence-electron chi connectivity index (χ0n) is 6.70. The molecular weight excluding hydrogens is 154 g/mol. The Morgan fingerprint density at radius 3 is 3.08 bits per heavy atom. The Hall–Kier alpha value is -1.23. The zero-order chi connectivity index (χ0) is 8.39. The van der Waals surface area contributed by atoms with E-state index in [1.807, 2.05) is 0 Å². The summed E-state index contributed by atoms with van der Waals surface area (Å²) in [7, 11) is 0. The first-order chi connectivity index (χ1) is 5.86. The van der Waals surface area contributed by atoms with Gasteiger partial charge in [0.15, 0.2) is 5.82 Å². The molecule has 1 atom stereocenters. The van der Waals surface area contributed by atoms with Gasteiger partial charge in [0.05, 0.1) is 6.04 Å². The first-order valence-corrected chi connectivity index (χ1v) is 4.04. The molecule has 0 bridgehead atoms. The number of nitrogens with zero attached hydrogens (tertiary/aromatic N) is 3. The summed E-state index contributed by atoms with van der Waals surface area (Å²) in [5.41, 5.74) is 5.44. The van der Waals surface area contributed by atoms with Gasteiger partial charge in [0.25, 0.3) is 0 Å². The number of hydrogen-bond donors (Lipinski definition) is 2. The van der Waals surface area contributed by atoms with Gasteiger partial charge in [0.2, 0.25) is 5.95 Å². The molecule has 1 aliphatic heterocycles. The maximum absolute atomic E-state index is 5.44. The molecule has 0 aromatic carbocycles. The van der Waals surface area contributed by atoms with Crippen molar-refractivity contribution < 1.29 is 0 Å². The lowest BCUT2D eigenvalue weighted by molar-refractivity contribution is 0.602. The molecular formula is C7H11N5. The number of nitrogens with two attached hydrogens (primary N) is 1. The zero-order valence-corrected chi connectivity index (χ0v) is 6.70. The molecule has 2 heterocycles. The van der Waals surface area contributed by atoms with Crippen molar-refractivity contribution >= 4 is 5.95 Å². The molecule has 1 aromatic rings. The van der Waals surface area contributed by atoms with Gasteiger partial charge in [-0.15, -0.1) is 0 Å². The van der Waals surface area contributed by atoms with E-state index >= 15 is 0 Å². The number of anilines is 1. The Morgan fingerprint density at radius 2 is 2.42 bits per heavy atom. The molecule has 1 saturated heterocycles. The fraction of sp³-hybridized carbons (Fsp3) is 0.571. The van der Waals surface area contributed by atoms with Crippen LogP contribution in [0.15, 0.2) is 6.33 Å². The molecule has 0 spiro atoms. The summed E-state index contributed by atoms with van der Waals surface area (Å²) in [5.74, 6) is 1.06. The monoisotopic (exact) mass is 165 g/mol. The van der Waals surface area contributed by atoms with Crippen molar-refractivity contribution in [3.8, 4) is 0 Å². The second-order valence-electron chi connectivity index (χ2n) is 2.85. The molecule has 0 radical (unpaired) electrons. The van der Waals surface area contributed by atoms with E-state index in [-0.39, 0.29) is 6.04 Å². The molecule has 3 N–H and O–H groups in total. The maximum Gasteiger partial charge on any atom is 0.223 e. The lowest BCUT2D eigenvalue weighted by atomic mass is 10.2. The van der Waals surface area contributed by atoms with Gasteiger partial charge in [-0.25, -0.2) is 9.97 Å². The van der Waals surface area contributed by atoms with Gasteiger partial charge in [-0.05, 0) is 19.4 Å². The van der Waals surface area contributed by atoms with Crippen LogP contribution in [-0.2, 0) is 0 Å². The van der Waals surface area contributed by atoms with E-state index in [0.29, 0.717) is 5.95 Å².